The van der Waals surface area contributed by atoms with Crippen LogP contribution in [0.25, 0.3) is 11.1 Å². The quantitative estimate of drug-likeness (QED) is 0.587. The van der Waals surface area contributed by atoms with Gasteiger partial charge in [0.25, 0.3) is 12.4 Å². The van der Waals surface area contributed by atoms with Crippen molar-refractivity contribution in [3.05, 3.63) is 78.1 Å². The summed E-state index contributed by atoms with van der Waals surface area (Å²) in [5, 5.41) is 2.52. The van der Waals surface area contributed by atoms with Gasteiger partial charge in [0.15, 0.2) is 0 Å². The van der Waals surface area contributed by atoms with E-state index in [4.69, 9.17) is 9.47 Å². The molecule has 3 aromatic carbocycles. The normalized spacial score (nSPS) is 12.9. The first-order valence-electron chi connectivity index (χ1n) is 9.21. The highest BCUT2D eigenvalue weighted by molar-refractivity contribution is 6.06. The molecule has 0 unspecified atom stereocenters. The molecule has 1 saturated carbocycles. The molecule has 1 aliphatic carbocycles. The number of hydrogen-bond acceptors (Lipinski definition) is 4. The minimum atomic E-state index is -0.575. The van der Waals surface area contributed by atoms with Gasteiger partial charge in [0.2, 0.25) is 0 Å². The highest BCUT2D eigenvalue weighted by Gasteiger charge is 2.23. The number of halogens is 1. The first-order chi connectivity index (χ1) is 14.1. The number of nitrogens with one attached hydrogen (secondary N) is 1. The fourth-order valence-electron chi connectivity index (χ4n) is 2.92. The van der Waals surface area contributed by atoms with E-state index >= 15 is 0 Å². The van der Waals surface area contributed by atoms with E-state index < -0.39 is 11.7 Å². The summed E-state index contributed by atoms with van der Waals surface area (Å²) in [5.41, 5.74) is 1.66. The van der Waals surface area contributed by atoms with E-state index in [1.807, 2.05) is 24.3 Å². The Bertz CT molecular complexity index is 1060. The molecule has 1 N–H and O–H groups in total. The SMILES string of the molecule is O=COc1ccccc1C(=O)Nc1ccc(-c2cccc(OC3CC3)c2)cc1F. The third-order valence-electron chi connectivity index (χ3n) is 4.52. The summed E-state index contributed by atoms with van der Waals surface area (Å²) in [5.74, 6) is -0.286. The maximum atomic E-state index is 14.6. The Morgan fingerprint density at radius 1 is 1.00 bits per heavy atom. The lowest BCUT2D eigenvalue weighted by Gasteiger charge is -2.11. The van der Waals surface area contributed by atoms with Crippen molar-refractivity contribution in [1.82, 2.24) is 0 Å². The Labute approximate surface area is 167 Å². The van der Waals surface area contributed by atoms with E-state index in [0.29, 0.717) is 5.56 Å². The second-order valence-electron chi connectivity index (χ2n) is 6.70. The molecule has 0 heterocycles. The van der Waals surface area contributed by atoms with Gasteiger partial charge in [-0.25, -0.2) is 4.39 Å². The highest BCUT2D eigenvalue weighted by atomic mass is 19.1. The molecule has 5 nitrogen and oxygen atoms in total. The van der Waals surface area contributed by atoms with Crippen molar-refractivity contribution in [3.8, 4) is 22.6 Å². The largest absolute Gasteiger partial charge is 0.490 e. The van der Waals surface area contributed by atoms with Gasteiger partial charge in [-0.05, 0) is 60.4 Å². The van der Waals surface area contributed by atoms with Gasteiger partial charge in [-0.3, -0.25) is 9.59 Å². The van der Waals surface area contributed by atoms with E-state index in [-0.39, 0.29) is 29.6 Å². The van der Waals surface area contributed by atoms with Crippen molar-refractivity contribution in [2.45, 2.75) is 18.9 Å². The number of carbonyl (C=O) groups excluding carboxylic acids is 2. The van der Waals surface area contributed by atoms with Crippen LogP contribution in [0.1, 0.15) is 23.2 Å². The van der Waals surface area contributed by atoms with E-state index in [0.717, 1.165) is 24.2 Å². The number of amides is 1. The van der Waals surface area contributed by atoms with Crippen LogP contribution in [0.5, 0.6) is 11.5 Å². The lowest BCUT2D eigenvalue weighted by molar-refractivity contribution is -0.120. The molecule has 0 saturated heterocycles. The van der Waals surface area contributed by atoms with Crippen LogP contribution in [0.3, 0.4) is 0 Å². The van der Waals surface area contributed by atoms with Gasteiger partial charge >= 0.3 is 0 Å². The second-order valence-corrected chi connectivity index (χ2v) is 6.70. The molecule has 1 aliphatic rings. The van der Waals surface area contributed by atoms with Crippen LogP contribution in [0.2, 0.25) is 0 Å². The maximum absolute atomic E-state index is 14.6. The van der Waals surface area contributed by atoms with Crippen molar-refractivity contribution in [2.24, 2.45) is 0 Å². The summed E-state index contributed by atoms with van der Waals surface area (Å²) in [6.45, 7) is 0.239. The molecular weight excluding hydrogens is 373 g/mol. The standard InChI is InChI=1S/C23H18FNO4/c24-20-13-16(15-4-3-5-18(12-15)29-17-9-10-17)8-11-21(20)25-23(27)19-6-1-2-7-22(19)28-14-26/h1-8,11-14,17H,9-10H2,(H,25,27). The molecule has 6 heteroatoms. The van der Waals surface area contributed by atoms with Crippen LogP contribution in [0.15, 0.2) is 66.7 Å². The van der Waals surface area contributed by atoms with Crippen LogP contribution < -0.4 is 14.8 Å². The average molecular weight is 391 g/mol. The summed E-state index contributed by atoms with van der Waals surface area (Å²) in [4.78, 5) is 23.1. The van der Waals surface area contributed by atoms with Crippen LogP contribution in [-0.4, -0.2) is 18.5 Å². The van der Waals surface area contributed by atoms with Crippen LogP contribution in [0, 0.1) is 5.82 Å². The van der Waals surface area contributed by atoms with Crippen molar-refractivity contribution in [3.63, 3.8) is 0 Å². The summed E-state index contributed by atoms with van der Waals surface area (Å²) in [7, 11) is 0. The minimum absolute atomic E-state index is 0.0324. The van der Waals surface area contributed by atoms with Gasteiger partial charge in [-0.2, -0.15) is 0 Å². The van der Waals surface area contributed by atoms with Crippen LogP contribution in [-0.2, 0) is 4.79 Å². The molecule has 0 bridgehead atoms. The van der Waals surface area contributed by atoms with E-state index in [9.17, 15) is 14.0 Å². The smallest absolute Gasteiger partial charge is 0.298 e. The molecule has 1 fully saturated rings. The predicted octanol–water partition coefficient (Wildman–Crippen LogP) is 4.82. The monoisotopic (exact) mass is 391 g/mol. The molecule has 0 atom stereocenters. The molecule has 146 valence electrons. The molecule has 3 aromatic rings. The van der Waals surface area contributed by atoms with Crippen molar-refractivity contribution < 1.29 is 23.5 Å². The lowest BCUT2D eigenvalue weighted by Crippen LogP contribution is -2.14. The van der Waals surface area contributed by atoms with Crippen molar-refractivity contribution in [1.29, 1.82) is 0 Å². The number of para-hydroxylation sites is 1. The van der Waals surface area contributed by atoms with Gasteiger partial charge in [0.1, 0.15) is 17.3 Å². The fraction of sp³-hybridized carbons (Fsp3) is 0.130. The molecular formula is C23H18FNO4. The summed E-state index contributed by atoms with van der Waals surface area (Å²) in [6.07, 6.45) is 2.41. The van der Waals surface area contributed by atoms with Gasteiger partial charge in [-0.15, -0.1) is 0 Å². The Morgan fingerprint density at radius 2 is 1.79 bits per heavy atom. The first-order valence-corrected chi connectivity index (χ1v) is 9.21. The van der Waals surface area contributed by atoms with Gasteiger partial charge in [-0.1, -0.05) is 30.3 Å². The molecule has 0 aromatic heterocycles. The number of ether oxygens (including phenoxy) is 2. The summed E-state index contributed by atoms with van der Waals surface area (Å²) >= 11 is 0. The first kappa shape index (κ1) is 18.7. The number of benzene rings is 3. The lowest BCUT2D eigenvalue weighted by atomic mass is 10.0. The molecule has 0 spiro atoms. The fourth-order valence-corrected chi connectivity index (χ4v) is 2.92. The van der Waals surface area contributed by atoms with Crippen LogP contribution in [0.4, 0.5) is 10.1 Å². The Balaban J connectivity index is 1.53. The molecule has 0 aliphatic heterocycles. The van der Waals surface area contributed by atoms with Gasteiger partial charge in [0, 0.05) is 0 Å². The van der Waals surface area contributed by atoms with Crippen LogP contribution >= 0.6 is 0 Å². The third kappa shape index (κ3) is 4.43. The van der Waals surface area contributed by atoms with Gasteiger partial charge < -0.3 is 14.8 Å². The van der Waals surface area contributed by atoms with E-state index in [1.165, 1.54) is 24.3 Å². The topological polar surface area (TPSA) is 64.6 Å². The molecule has 4 rings (SSSR count). The maximum Gasteiger partial charge on any atom is 0.298 e. The Morgan fingerprint density at radius 3 is 2.55 bits per heavy atom. The van der Waals surface area contributed by atoms with Crippen molar-refractivity contribution in [2.75, 3.05) is 5.32 Å². The zero-order valence-electron chi connectivity index (χ0n) is 15.4. The highest BCUT2D eigenvalue weighted by Crippen LogP contribution is 2.31. The van der Waals surface area contributed by atoms with E-state index in [2.05, 4.69) is 5.32 Å². The molecule has 1 amide bonds. The number of anilines is 1. The average Bonchev–Trinajstić information content (AvgIpc) is 3.54. The molecule has 0 radical (unpaired) electrons. The number of carbonyl (C=O) groups is 2. The van der Waals surface area contributed by atoms with Crippen molar-refractivity contribution >= 4 is 18.1 Å². The predicted molar refractivity (Wildman–Crippen MR) is 107 cm³/mol. The summed E-state index contributed by atoms with van der Waals surface area (Å²) < 4.78 is 25.2. The zero-order chi connectivity index (χ0) is 20.2. The van der Waals surface area contributed by atoms with E-state index in [1.54, 1.807) is 18.2 Å². The summed E-state index contributed by atoms with van der Waals surface area (Å²) in [6, 6.07) is 18.3. The molecule has 29 heavy (non-hydrogen) atoms. The Hall–Kier alpha value is -3.67. The number of rotatable bonds is 7. The Kier molecular flexibility index (Phi) is 5.24. The third-order valence-corrected chi connectivity index (χ3v) is 4.52. The van der Waals surface area contributed by atoms with Gasteiger partial charge in [0.05, 0.1) is 17.4 Å². The second kappa shape index (κ2) is 8.14. The minimum Gasteiger partial charge on any atom is -0.490 e. The number of hydrogen-bond donors (Lipinski definition) is 1. The zero-order valence-corrected chi connectivity index (χ0v) is 15.4.